The monoisotopic (exact) mass is 287 g/mol. The maximum atomic E-state index is 11.7. The molecule has 1 unspecified atom stereocenters. The van der Waals surface area contributed by atoms with Crippen molar-refractivity contribution in [2.45, 2.75) is 32.7 Å². The number of piperidine rings is 1. The highest BCUT2D eigenvalue weighted by atomic mass is 35.5. The molecule has 0 spiro atoms. The van der Waals surface area contributed by atoms with Crippen LogP contribution in [0.15, 0.2) is 12.4 Å². The van der Waals surface area contributed by atoms with Crippen molar-refractivity contribution < 1.29 is 4.79 Å². The molecular formula is C12H22ClN5O. The van der Waals surface area contributed by atoms with Crippen LogP contribution < -0.4 is 10.6 Å². The Morgan fingerprint density at radius 3 is 3.05 bits per heavy atom. The summed E-state index contributed by atoms with van der Waals surface area (Å²) in [5, 5.41) is 13.9. The van der Waals surface area contributed by atoms with E-state index in [1.807, 2.05) is 0 Å². The fourth-order valence-corrected chi connectivity index (χ4v) is 2.24. The lowest BCUT2D eigenvalue weighted by Gasteiger charge is -2.34. The molecule has 1 amide bonds. The molecule has 7 heteroatoms. The van der Waals surface area contributed by atoms with Crippen LogP contribution in [-0.4, -0.2) is 40.5 Å². The zero-order chi connectivity index (χ0) is 12.8. The molecule has 1 aliphatic heterocycles. The summed E-state index contributed by atoms with van der Waals surface area (Å²) in [6.45, 7) is 5.63. The topological polar surface area (TPSA) is 71.8 Å². The molecule has 2 heterocycles. The quantitative estimate of drug-likeness (QED) is 0.832. The molecule has 108 valence electrons. The van der Waals surface area contributed by atoms with Gasteiger partial charge < -0.3 is 10.6 Å². The summed E-state index contributed by atoms with van der Waals surface area (Å²) >= 11 is 0. The van der Waals surface area contributed by atoms with Crippen molar-refractivity contribution in [2.75, 3.05) is 19.6 Å². The molecule has 2 N–H and O–H groups in total. The Bertz CT molecular complexity index is 375. The van der Waals surface area contributed by atoms with E-state index in [2.05, 4.69) is 27.9 Å². The Labute approximate surface area is 119 Å². The predicted octanol–water partition coefficient (Wildman–Crippen LogP) is 0.596. The van der Waals surface area contributed by atoms with Gasteiger partial charge in [0.15, 0.2) is 0 Å². The van der Waals surface area contributed by atoms with Crippen LogP contribution in [0, 0.1) is 5.41 Å². The van der Waals surface area contributed by atoms with Gasteiger partial charge in [-0.15, -0.1) is 17.5 Å². The van der Waals surface area contributed by atoms with Crippen LogP contribution in [0.25, 0.3) is 0 Å². The summed E-state index contributed by atoms with van der Waals surface area (Å²) in [6, 6.07) is 0. The van der Waals surface area contributed by atoms with Gasteiger partial charge in [0, 0.05) is 25.7 Å². The van der Waals surface area contributed by atoms with Gasteiger partial charge in [0.1, 0.15) is 0 Å². The molecule has 1 atom stereocenters. The van der Waals surface area contributed by atoms with E-state index in [-0.39, 0.29) is 23.7 Å². The maximum absolute atomic E-state index is 11.7. The lowest BCUT2D eigenvalue weighted by atomic mass is 9.83. The molecule has 1 aromatic heterocycles. The summed E-state index contributed by atoms with van der Waals surface area (Å²) in [5.74, 6) is 0.0808. The number of rotatable bonds is 5. The lowest BCUT2D eigenvalue weighted by Crippen LogP contribution is -2.45. The highest BCUT2D eigenvalue weighted by molar-refractivity contribution is 5.85. The SMILES string of the molecule is CC1(CNC(=O)CCn2ccnn2)CCCNC1.Cl. The van der Waals surface area contributed by atoms with E-state index in [0.29, 0.717) is 13.0 Å². The van der Waals surface area contributed by atoms with Gasteiger partial charge in [-0.05, 0) is 24.8 Å². The molecule has 0 bridgehead atoms. The third-order valence-electron chi connectivity index (χ3n) is 3.44. The first-order chi connectivity index (χ1) is 8.68. The molecule has 0 aliphatic carbocycles. The first kappa shape index (κ1) is 15.9. The van der Waals surface area contributed by atoms with Gasteiger partial charge in [0.2, 0.25) is 5.91 Å². The van der Waals surface area contributed by atoms with Crippen LogP contribution in [0.5, 0.6) is 0 Å². The smallest absolute Gasteiger partial charge is 0.221 e. The van der Waals surface area contributed by atoms with Crippen molar-refractivity contribution >= 4 is 18.3 Å². The number of nitrogens with one attached hydrogen (secondary N) is 2. The molecule has 1 saturated heterocycles. The maximum Gasteiger partial charge on any atom is 0.221 e. The van der Waals surface area contributed by atoms with E-state index in [1.165, 1.54) is 12.8 Å². The molecule has 6 nitrogen and oxygen atoms in total. The first-order valence-corrected chi connectivity index (χ1v) is 6.49. The number of amides is 1. The highest BCUT2D eigenvalue weighted by Crippen LogP contribution is 2.24. The molecule has 0 aromatic carbocycles. The Morgan fingerprint density at radius 1 is 1.58 bits per heavy atom. The van der Waals surface area contributed by atoms with Gasteiger partial charge in [-0.3, -0.25) is 9.48 Å². The van der Waals surface area contributed by atoms with Gasteiger partial charge in [-0.2, -0.15) is 0 Å². The fourth-order valence-electron chi connectivity index (χ4n) is 2.24. The molecule has 0 saturated carbocycles. The van der Waals surface area contributed by atoms with Crippen LogP contribution in [0.1, 0.15) is 26.2 Å². The zero-order valence-electron chi connectivity index (χ0n) is 11.3. The van der Waals surface area contributed by atoms with E-state index in [0.717, 1.165) is 19.6 Å². The largest absolute Gasteiger partial charge is 0.355 e. The lowest BCUT2D eigenvalue weighted by molar-refractivity contribution is -0.121. The predicted molar refractivity (Wildman–Crippen MR) is 75.1 cm³/mol. The standard InChI is InChI=1S/C12H21N5O.ClH/c1-12(4-2-5-13-9-12)10-14-11(18)3-7-17-8-6-15-16-17;/h6,8,13H,2-5,7,9-10H2,1H3,(H,14,18);1H. The molecule has 1 aliphatic rings. The summed E-state index contributed by atoms with van der Waals surface area (Å²) < 4.78 is 1.67. The second kappa shape index (κ2) is 7.45. The molecule has 1 fully saturated rings. The third-order valence-corrected chi connectivity index (χ3v) is 3.44. The summed E-state index contributed by atoms with van der Waals surface area (Å²) in [5.41, 5.74) is 0.196. The molecule has 0 radical (unpaired) electrons. The molecule has 1 aromatic rings. The van der Waals surface area contributed by atoms with Crippen molar-refractivity contribution in [2.24, 2.45) is 5.41 Å². The second-order valence-electron chi connectivity index (χ2n) is 5.28. The van der Waals surface area contributed by atoms with Crippen molar-refractivity contribution in [1.82, 2.24) is 25.6 Å². The molecule has 2 rings (SSSR count). The number of aryl methyl sites for hydroxylation is 1. The normalized spacial score (nSPS) is 22.6. The van der Waals surface area contributed by atoms with E-state index in [9.17, 15) is 4.79 Å². The van der Waals surface area contributed by atoms with E-state index in [1.54, 1.807) is 17.1 Å². The van der Waals surface area contributed by atoms with Crippen molar-refractivity contribution in [3.05, 3.63) is 12.4 Å². The third kappa shape index (κ3) is 5.16. The van der Waals surface area contributed by atoms with E-state index in [4.69, 9.17) is 0 Å². The van der Waals surface area contributed by atoms with Crippen molar-refractivity contribution in [3.63, 3.8) is 0 Å². The number of nitrogens with zero attached hydrogens (tertiary/aromatic N) is 3. The Morgan fingerprint density at radius 2 is 2.42 bits per heavy atom. The Kier molecular flexibility index (Phi) is 6.24. The minimum atomic E-state index is 0. The van der Waals surface area contributed by atoms with Gasteiger partial charge in [-0.25, -0.2) is 0 Å². The van der Waals surface area contributed by atoms with Crippen molar-refractivity contribution in [3.8, 4) is 0 Å². The second-order valence-corrected chi connectivity index (χ2v) is 5.28. The highest BCUT2D eigenvalue weighted by Gasteiger charge is 2.26. The number of hydrogen-bond acceptors (Lipinski definition) is 4. The Hall–Kier alpha value is -1.14. The minimum absolute atomic E-state index is 0. The number of aromatic nitrogens is 3. The number of carbonyl (C=O) groups is 1. The first-order valence-electron chi connectivity index (χ1n) is 6.49. The van der Waals surface area contributed by atoms with Gasteiger partial charge >= 0.3 is 0 Å². The average molecular weight is 288 g/mol. The van der Waals surface area contributed by atoms with Gasteiger partial charge in [-0.1, -0.05) is 12.1 Å². The summed E-state index contributed by atoms with van der Waals surface area (Å²) in [4.78, 5) is 11.7. The van der Waals surface area contributed by atoms with Gasteiger partial charge in [0.05, 0.1) is 12.7 Å². The molecular weight excluding hydrogens is 266 g/mol. The van der Waals surface area contributed by atoms with Crippen molar-refractivity contribution in [1.29, 1.82) is 0 Å². The van der Waals surface area contributed by atoms with Crippen LogP contribution in [0.3, 0.4) is 0 Å². The van der Waals surface area contributed by atoms with E-state index >= 15 is 0 Å². The Balaban J connectivity index is 0.00000180. The minimum Gasteiger partial charge on any atom is -0.355 e. The average Bonchev–Trinajstić information content (AvgIpc) is 2.88. The van der Waals surface area contributed by atoms with Crippen LogP contribution in [0.2, 0.25) is 0 Å². The fraction of sp³-hybridized carbons (Fsp3) is 0.750. The molecule has 19 heavy (non-hydrogen) atoms. The van der Waals surface area contributed by atoms with Crippen LogP contribution in [-0.2, 0) is 11.3 Å². The number of carbonyl (C=O) groups excluding carboxylic acids is 1. The van der Waals surface area contributed by atoms with E-state index < -0.39 is 0 Å². The zero-order valence-corrected chi connectivity index (χ0v) is 12.1. The van der Waals surface area contributed by atoms with Crippen LogP contribution in [0.4, 0.5) is 0 Å². The number of halogens is 1. The number of hydrogen-bond donors (Lipinski definition) is 2. The van der Waals surface area contributed by atoms with Crippen LogP contribution >= 0.6 is 12.4 Å². The summed E-state index contributed by atoms with van der Waals surface area (Å²) in [7, 11) is 0. The summed E-state index contributed by atoms with van der Waals surface area (Å²) in [6.07, 6.45) is 6.19. The van der Waals surface area contributed by atoms with Gasteiger partial charge in [0.25, 0.3) is 0 Å².